The molecule has 0 unspecified atom stereocenters. The van der Waals surface area contributed by atoms with Crippen LogP contribution in [0.5, 0.6) is 0 Å². The molecule has 2 rings (SSSR count). The number of halogens is 2. The maximum atomic E-state index is 10.1. The highest BCUT2D eigenvalue weighted by molar-refractivity contribution is 6.31. The van der Waals surface area contributed by atoms with Crippen molar-refractivity contribution in [3.05, 3.63) is 34.3 Å². The van der Waals surface area contributed by atoms with Crippen molar-refractivity contribution in [1.29, 1.82) is 0 Å². The lowest BCUT2D eigenvalue weighted by molar-refractivity contribution is 0.0414. The maximum Gasteiger partial charge on any atom is 0.0760 e. The Kier molecular flexibility index (Phi) is 5.26. The molecule has 0 amide bonds. The summed E-state index contributed by atoms with van der Waals surface area (Å²) in [6, 6.07) is 5.45. The van der Waals surface area contributed by atoms with E-state index in [0.29, 0.717) is 10.9 Å². The van der Waals surface area contributed by atoms with E-state index in [9.17, 15) is 5.11 Å². The number of nitrogens with two attached hydrogens (primary N) is 1. The van der Waals surface area contributed by atoms with Crippen LogP contribution in [0.2, 0.25) is 5.02 Å². The number of benzene rings is 1. The number of rotatable bonds is 3. The summed E-state index contributed by atoms with van der Waals surface area (Å²) in [6.45, 7) is 1.96. The fourth-order valence-corrected chi connectivity index (χ4v) is 2.28. The lowest BCUT2D eigenvalue weighted by Gasteiger charge is -2.33. The van der Waals surface area contributed by atoms with Crippen LogP contribution in [0.1, 0.15) is 36.4 Å². The van der Waals surface area contributed by atoms with Crippen molar-refractivity contribution in [3.63, 3.8) is 0 Å². The fourth-order valence-electron chi connectivity index (χ4n) is 2.09. The van der Waals surface area contributed by atoms with Crippen LogP contribution in [-0.2, 0) is 0 Å². The molecule has 2 nitrogen and oxygen atoms in total. The second-order valence-electron chi connectivity index (χ2n) is 4.72. The minimum absolute atomic E-state index is 0. The Hall–Kier alpha value is -0.280. The molecule has 1 aromatic rings. The fraction of sp³-hybridized carbons (Fsp3) is 0.538. The number of aliphatic hydroxyl groups is 1. The summed E-state index contributed by atoms with van der Waals surface area (Å²) in [5, 5.41) is 10.8. The third-order valence-corrected chi connectivity index (χ3v) is 3.99. The van der Waals surface area contributed by atoms with Crippen molar-refractivity contribution in [3.8, 4) is 0 Å². The van der Waals surface area contributed by atoms with Crippen LogP contribution >= 0.6 is 24.0 Å². The lowest BCUT2D eigenvalue weighted by Crippen LogP contribution is -2.36. The molecule has 0 radical (unpaired) electrons. The van der Waals surface area contributed by atoms with Gasteiger partial charge in [-0.2, -0.15) is 0 Å². The van der Waals surface area contributed by atoms with Crippen molar-refractivity contribution in [2.24, 2.45) is 11.7 Å². The van der Waals surface area contributed by atoms with Gasteiger partial charge in [0.1, 0.15) is 0 Å². The van der Waals surface area contributed by atoms with Crippen LogP contribution in [0.15, 0.2) is 18.2 Å². The molecule has 1 aromatic carbocycles. The maximum absolute atomic E-state index is 10.1. The average Bonchev–Trinajstić information content (AvgIpc) is 2.18. The number of aliphatic hydroxyl groups excluding tert-OH is 1. The molecule has 17 heavy (non-hydrogen) atoms. The van der Waals surface area contributed by atoms with E-state index >= 15 is 0 Å². The lowest BCUT2D eigenvalue weighted by atomic mass is 9.77. The largest absolute Gasteiger partial charge is 0.391 e. The first kappa shape index (κ1) is 14.8. The Bertz CT molecular complexity index is 380. The van der Waals surface area contributed by atoms with Crippen molar-refractivity contribution in [1.82, 2.24) is 0 Å². The average molecular weight is 276 g/mol. The normalized spacial score (nSPS) is 19.1. The van der Waals surface area contributed by atoms with Crippen LogP contribution in [0, 0.1) is 12.8 Å². The predicted molar refractivity (Wildman–Crippen MR) is 73.7 cm³/mol. The summed E-state index contributed by atoms with van der Waals surface area (Å²) in [4.78, 5) is 0. The summed E-state index contributed by atoms with van der Waals surface area (Å²) >= 11 is 6.05. The number of hydrogen-bond donors (Lipinski definition) is 2. The molecule has 3 N–H and O–H groups in total. The van der Waals surface area contributed by atoms with Crippen LogP contribution in [0.3, 0.4) is 0 Å². The molecule has 0 aromatic heterocycles. The van der Waals surface area contributed by atoms with Crippen LogP contribution < -0.4 is 5.73 Å². The zero-order valence-corrected chi connectivity index (χ0v) is 11.5. The molecule has 1 aliphatic rings. The third-order valence-electron chi connectivity index (χ3n) is 3.58. The molecular weight excluding hydrogens is 257 g/mol. The SMILES string of the molecule is Cc1ccc([C@@H](N)[C@@H](O)C2CCC2)cc1Cl.Cl. The van der Waals surface area contributed by atoms with Gasteiger partial charge in [-0.1, -0.05) is 30.2 Å². The quantitative estimate of drug-likeness (QED) is 0.890. The van der Waals surface area contributed by atoms with Gasteiger partial charge in [0.05, 0.1) is 12.1 Å². The number of hydrogen-bond acceptors (Lipinski definition) is 2. The molecule has 0 spiro atoms. The van der Waals surface area contributed by atoms with Gasteiger partial charge in [0.2, 0.25) is 0 Å². The van der Waals surface area contributed by atoms with Gasteiger partial charge in [0, 0.05) is 5.02 Å². The zero-order valence-electron chi connectivity index (χ0n) is 9.90. The van der Waals surface area contributed by atoms with E-state index < -0.39 is 6.10 Å². The van der Waals surface area contributed by atoms with Gasteiger partial charge >= 0.3 is 0 Å². The topological polar surface area (TPSA) is 46.2 Å². The van der Waals surface area contributed by atoms with Gasteiger partial charge in [-0.25, -0.2) is 0 Å². The molecular formula is C13H19Cl2NO. The standard InChI is InChI=1S/C13H18ClNO.ClH/c1-8-5-6-10(7-11(8)14)12(15)13(16)9-3-2-4-9;/h5-7,9,12-13,16H,2-4,15H2,1H3;1H/t12-,13+;/m1./s1. The zero-order chi connectivity index (χ0) is 11.7. The summed E-state index contributed by atoms with van der Waals surface area (Å²) in [5.41, 5.74) is 8.02. The Morgan fingerprint density at radius 3 is 2.53 bits per heavy atom. The smallest absolute Gasteiger partial charge is 0.0760 e. The van der Waals surface area contributed by atoms with Gasteiger partial charge in [-0.3, -0.25) is 0 Å². The van der Waals surface area contributed by atoms with E-state index in [-0.39, 0.29) is 18.4 Å². The second-order valence-corrected chi connectivity index (χ2v) is 5.12. The van der Waals surface area contributed by atoms with E-state index in [2.05, 4.69) is 0 Å². The van der Waals surface area contributed by atoms with Crippen LogP contribution in [0.25, 0.3) is 0 Å². The monoisotopic (exact) mass is 275 g/mol. The summed E-state index contributed by atoms with van der Waals surface area (Å²) < 4.78 is 0. The third kappa shape index (κ3) is 3.14. The molecule has 1 fully saturated rings. The van der Waals surface area contributed by atoms with Gasteiger partial charge in [-0.05, 0) is 42.9 Å². The minimum atomic E-state index is -0.437. The van der Waals surface area contributed by atoms with Crippen molar-refractivity contribution >= 4 is 24.0 Å². The predicted octanol–water partition coefficient (Wildman–Crippen LogP) is 3.23. The second kappa shape index (κ2) is 6.05. The van der Waals surface area contributed by atoms with Crippen molar-refractivity contribution < 1.29 is 5.11 Å². The minimum Gasteiger partial charge on any atom is -0.391 e. The summed E-state index contributed by atoms with van der Waals surface area (Å²) in [7, 11) is 0. The first-order chi connectivity index (χ1) is 7.59. The molecule has 0 heterocycles. The first-order valence-electron chi connectivity index (χ1n) is 5.79. The highest BCUT2D eigenvalue weighted by atomic mass is 35.5. The highest BCUT2D eigenvalue weighted by Crippen LogP contribution is 2.34. The van der Waals surface area contributed by atoms with Gasteiger partial charge in [0.15, 0.2) is 0 Å². The molecule has 0 bridgehead atoms. The van der Waals surface area contributed by atoms with E-state index in [1.54, 1.807) is 0 Å². The summed E-state index contributed by atoms with van der Waals surface area (Å²) in [5.74, 6) is 0.370. The van der Waals surface area contributed by atoms with Gasteiger partial charge in [0.25, 0.3) is 0 Å². The molecule has 1 saturated carbocycles. The molecule has 2 atom stereocenters. The Balaban J connectivity index is 0.00000144. The Labute approximate surface area is 114 Å². The van der Waals surface area contributed by atoms with E-state index in [0.717, 1.165) is 24.0 Å². The molecule has 4 heteroatoms. The van der Waals surface area contributed by atoms with Crippen LogP contribution in [0.4, 0.5) is 0 Å². The molecule has 0 aliphatic heterocycles. The molecule has 0 saturated heterocycles. The molecule has 1 aliphatic carbocycles. The van der Waals surface area contributed by atoms with Gasteiger partial charge in [-0.15, -0.1) is 12.4 Å². The summed E-state index contributed by atoms with van der Waals surface area (Å²) in [6.07, 6.45) is 2.96. The Morgan fingerprint density at radius 1 is 1.41 bits per heavy atom. The molecule has 96 valence electrons. The number of aryl methyl sites for hydroxylation is 1. The highest BCUT2D eigenvalue weighted by Gasteiger charge is 2.30. The first-order valence-corrected chi connectivity index (χ1v) is 6.17. The van der Waals surface area contributed by atoms with E-state index in [1.807, 2.05) is 25.1 Å². The van der Waals surface area contributed by atoms with E-state index in [4.69, 9.17) is 17.3 Å². The van der Waals surface area contributed by atoms with Crippen molar-refractivity contribution in [2.75, 3.05) is 0 Å². The van der Waals surface area contributed by atoms with Crippen LogP contribution in [-0.4, -0.2) is 11.2 Å². The van der Waals surface area contributed by atoms with Crippen molar-refractivity contribution in [2.45, 2.75) is 38.3 Å². The van der Waals surface area contributed by atoms with Gasteiger partial charge < -0.3 is 10.8 Å². The van der Waals surface area contributed by atoms with E-state index in [1.165, 1.54) is 6.42 Å². The Morgan fingerprint density at radius 2 is 2.06 bits per heavy atom.